The van der Waals surface area contributed by atoms with Gasteiger partial charge in [0.1, 0.15) is 0 Å². The van der Waals surface area contributed by atoms with Crippen LogP contribution in [0.15, 0.2) is 224 Å². The van der Waals surface area contributed by atoms with Gasteiger partial charge in [0.25, 0.3) is 6.71 Å². The molecule has 0 saturated heterocycles. The molecule has 0 bridgehead atoms. The topological polar surface area (TPSA) is 6.48 Å². The predicted molar refractivity (Wildman–Crippen MR) is 249 cm³/mol. The van der Waals surface area contributed by atoms with Crippen molar-refractivity contribution in [3.05, 3.63) is 224 Å². The van der Waals surface area contributed by atoms with Gasteiger partial charge in [-0.2, -0.15) is 0 Å². The van der Waals surface area contributed by atoms with Gasteiger partial charge in [-0.25, -0.2) is 0 Å². The molecular weight excluding hydrogens is 716 g/mol. The molecular formula is C54H37BN2Si. The molecule has 0 saturated carbocycles. The lowest BCUT2D eigenvalue weighted by Gasteiger charge is -2.50. The lowest BCUT2D eigenvalue weighted by molar-refractivity contribution is 1.26. The maximum Gasteiger partial charge on any atom is 0.252 e. The van der Waals surface area contributed by atoms with Crippen LogP contribution in [0.1, 0.15) is 0 Å². The fourth-order valence-electron chi connectivity index (χ4n) is 10.4. The molecule has 9 aromatic carbocycles. The average molecular weight is 753 g/mol. The maximum absolute atomic E-state index is 2.80. The van der Waals surface area contributed by atoms with Gasteiger partial charge in [-0.3, -0.25) is 0 Å². The molecule has 0 aliphatic carbocycles. The van der Waals surface area contributed by atoms with E-state index in [2.05, 4.69) is 234 Å². The van der Waals surface area contributed by atoms with Gasteiger partial charge in [-0.05, 0) is 95.8 Å². The first-order valence-corrected chi connectivity index (χ1v) is 22.2. The molecule has 0 aromatic heterocycles. The van der Waals surface area contributed by atoms with E-state index in [-0.39, 0.29) is 6.71 Å². The summed E-state index contributed by atoms with van der Waals surface area (Å²) >= 11 is 0. The number of nitrogens with zero attached hydrogens (tertiary/aromatic N) is 2. The molecule has 0 fully saturated rings. The Bertz CT molecular complexity index is 2970. The summed E-state index contributed by atoms with van der Waals surface area (Å²) in [4.78, 5) is 5.13. The van der Waals surface area contributed by atoms with Crippen LogP contribution in [0.5, 0.6) is 0 Å². The predicted octanol–water partition coefficient (Wildman–Crippen LogP) is 8.79. The minimum absolute atomic E-state index is 0.0272. The molecule has 12 rings (SSSR count). The standard InChI is InChI=1S/C54H37BN2Si/c1-5-17-38(18-6-1)40-31-34-42(35-32-40)56-47-36-33-41(39-19-7-2-8-20-39)37-46(47)55-45-25-15-30-52-54(45)57(50-28-16-27-49(56)53(50)55)48-26-13-14-29-51(48)58(52,43-21-9-3-10-22-43)44-23-11-4-12-24-44/h1-37H. The number of hydrogen-bond donors (Lipinski definition) is 0. The summed E-state index contributed by atoms with van der Waals surface area (Å²) in [6, 6.07) is 83.9. The molecule has 58 heavy (non-hydrogen) atoms. The third-order valence-electron chi connectivity index (χ3n) is 12.7. The molecule has 3 aliphatic rings. The Morgan fingerprint density at radius 1 is 0.328 bits per heavy atom. The number of rotatable bonds is 5. The first-order chi connectivity index (χ1) is 28.8. The quantitative estimate of drug-likeness (QED) is 0.162. The maximum atomic E-state index is 2.62. The average Bonchev–Trinajstić information content (AvgIpc) is 3.31. The summed E-state index contributed by atoms with van der Waals surface area (Å²) in [5.74, 6) is 0. The van der Waals surface area contributed by atoms with Crippen molar-refractivity contribution in [1.82, 2.24) is 0 Å². The van der Waals surface area contributed by atoms with Crippen LogP contribution in [0.2, 0.25) is 0 Å². The van der Waals surface area contributed by atoms with Crippen LogP contribution < -0.4 is 46.9 Å². The molecule has 0 spiro atoms. The highest BCUT2D eigenvalue weighted by Gasteiger charge is 2.53. The second-order valence-electron chi connectivity index (χ2n) is 15.6. The SMILES string of the molecule is c1ccc(-c2ccc(N3c4ccc(-c5ccccc5)cc4B4c5cccc6c5N(c5ccccc5[Si]6(c5ccccc5)c5ccccc5)c5cccc3c54)cc2)cc1. The minimum atomic E-state index is -2.80. The summed E-state index contributed by atoms with van der Waals surface area (Å²) < 4.78 is 0. The van der Waals surface area contributed by atoms with E-state index in [9.17, 15) is 0 Å². The summed E-state index contributed by atoms with van der Waals surface area (Å²) in [5.41, 5.74) is 16.4. The minimum Gasteiger partial charge on any atom is -0.312 e. The molecule has 270 valence electrons. The highest BCUT2D eigenvalue weighted by Crippen LogP contribution is 2.45. The molecule has 3 heterocycles. The van der Waals surface area contributed by atoms with Crippen LogP contribution in [0.4, 0.5) is 34.1 Å². The summed E-state index contributed by atoms with van der Waals surface area (Å²) in [6.07, 6.45) is 0. The van der Waals surface area contributed by atoms with E-state index in [0.29, 0.717) is 0 Å². The molecule has 0 atom stereocenters. The van der Waals surface area contributed by atoms with Gasteiger partial charge in [0, 0.05) is 34.1 Å². The molecule has 9 aromatic rings. The summed E-state index contributed by atoms with van der Waals surface area (Å²) in [5, 5.41) is 5.67. The Kier molecular flexibility index (Phi) is 7.38. The number of fused-ring (bicyclic) bond motifs is 6. The highest BCUT2D eigenvalue weighted by atomic mass is 28.3. The lowest BCUT2D eigenvalue weighted by atomic mass is 9.33. The van der Waals surface area contributed by atoms with E-state index in [1.807, 2.05) is 0 Å². The van der Waals surface area contributed by atoms with Crippen molar-refractivity contribution in [3.63, 3.8) is 0 Å². The number of para-hydroxylation sites is 2. The first kappa shape index (κ1) is 33.0. The van der Waals surface area contributed by atoms with Gasteiger partial charge >= 0.3 is 0 Å². The number of benzene rings is 9. The number of hydrogen-bond acceptors (Lipinski definition) is 2. The van der Waals surface area contributed by atoms with E-state index in [4.69, 9.17) is 0 Å². The monoisotopic (exact) mass is 752 g/mol. The summed E-state index contributed by atoms with van der Waals surface area (Å²) in [6.45, 7) is 0.0272. The zero-order chi connectivity index (χ0) is 38.2. The molecule has 4 heteroatoms. The lowest BCUT2D eigenvalue weighted by Crippen LogP contribution is -2.79. The second kappa shape index (κ2) is 13.0. The largest absolute Gasteiger partial charge is 0.312 e. The van der Waals surface area contributed by atoms with E-state index >= 15 is 0 Å². The van der Waals surface area contributed by atoms with Crippen molar-refractivity contribution in [2.24, 2.45) is 0 Å². The molecule has 0 unspecified atom stereocenters. The van der Waals surface area contributed by atoms with Gasteiger partial charge < -0.3 is 9.80 Å². The fraction of sp³-hybridized carbons (Fsp3) is 0. The van der Waals surface area contributed by atoms with Crippen LogP contribution in [0, 0.1) is 0 Å². The zero-order valence-electron chi connectivity index (χ0n) is 31.8. The Balaban J connectivity index is 1.16. The van der Waals surface area contributed by atoms with Gasteiger partial charge in [0.2, 0.25) is 0 Å². The molecule has 3 aliphatic heterocycles. The van der Waals surface area contributed by atoms with Gasteiger partial charge in [-0.1, -0.05) is 188 Å². The van der Waals surface area contributed by atoms with Crippen molar-refractivity contribution in [1.29, 1.82) is 0 Å². The number of anilines is 6. The van der Waals surface area contributed by atoms with Gasteiger partial charge in [-0.15, -0.1) is 0 Å². The Morgan fingerprint density at radius 3 is 1.50 bits per heavy atom. The van der Waals surface area contributed by atoms with E-state index in [0.717, 1.165) is 5.69 Å². The highest BCUT2D eigenvalue weighted by molar-refractivity contribution is 7.22. The third-order valence-corrected chi connectivity index (χ3v) is 17.6. The molecule has 0 amide bonds. The Labute approximate surface area is 341 Å². The third kappa shape index (κ3) is 4.67. The molecule has 0 radical (unpaired) electrons. The van der Waals surface area contributed by atoms with Crippen LogP contribution in [0.3, 0.4) is 0 Å². The van der Waals surface area contributed by atoms with Gasteiger partial charge in [0.05, 0.1) is 0 Å². The zero-order valence-corrected chi connectivity index (χ0v) is 32.8. The van der Waals surface area contributed by atoms with Crippen LogP contribution in [-0.2, 0) is 0 Å². The van der Waals surface area contributed by atoms with E-state index < -0.39 is 8.07 Å². The Morgan fingerprint density at radius 2 is 0.828 bits per heavy atom. The normalized spacial score (nSPS) is 13.9. The van der Waals surface area contributed by atoms with Crippen LogP contribution in [0.25, 0.3) is 22.3 Å². The van der Waals surface area contributed by atoms with Crippen molar-refractivity contribution in [2.45, 2.75) is 0 Å². The fourth-order valence-corrected chi connectivity index (χ4v) is 15.5. The van der Waals surface area contributed by atoms with Crippen molar-refractivity contribution in [3.8, 4) is 22.3 Å². The van der Waals surface area contributed by atoms with E-state index in [1.165, 1.54) is 87.8 Å². The van der Waals surface area contributed by atoms with Crippen molar-refractivity contribution >= 4 is 86.0 Å². The van der Waals surface area contributed by atoms with Crippen molar-refractivity contribution in [2.75, 3.05) is 9.80 Å². The molecule has 0 N–H and O–H groups in total. The Hall–Kier alpha value is -7.14. The van der Waals surface area contributed by atoms with Crippen LogP contribution >= 0.6 is 0 Å². The van der Waals surface area contributed by atoms with Crippen molar-refractivity contribution < 1.29 is 0 Å². The smallest absolute Gasteiger partial charge is 0.252 e. The molecule has 2 nitrogen and oxygen atoms in total. The van der Waals surface area contributed by atoms with Gasteiger partial charge in [0.15, 0.2) is 8.07 Å². The van der Waals surface area contributed by atoms with Crippen LogP contribution in [-0.4, -0.2) is 14.8 Å². The van der Waals surface area contributed by atoms with E-state index in [1.54, 1.807) is 0 Å². The summed E-state index contributed by atoms with van der Waals surface area (Å²) in [7, 11) is -2.80. The first-order valence-electron chi connectivity index (χ1n) is 20.2. The second-order valence-corrected chi connectivity index (χ2v) is 19.3.